The second kappa shape index (κ2) is 8.62. The molecule has 26 heavy (non-hydrogen) atoms. The number of aromatic nitrogens is 3. The van der Waals surface area contributed by atoms with Crippen LogP contribution >= 0.6 is 11.8 Å². The van der Waals surface area contributed by atoms with Gasteiger partial charge >= 0.3 is 0 Å². The van der Waals surface area contributed by atoms with E-state index in [2.05, 4.69) is 20.1 Å². The van der Waals surface area contributed by atoms with Crippen molar-refractivity contribution in [3.8, 4) is 0 Å². The summed E-state index contributed by atoms with van der Waals surface area (Å²) in [4.78, 5) is 12.1. The molecule has 1 aliphatic carbocycles. The maximum atomic E-state index is 13.6. The summed E-state index contributed by atoms with van der Waals surface area (Å²) in [7, 11) is 0. The lowest BCUT2D eigenvalue weighted by Crippen LogP contribution is -2.16. The van der Waals surface area contributed by atoms with Gasteiger partial charge in [-0.3, -0.25) is 4.79 Å². The molecule has 1 saturated carbocycles. The van der Waals surface area contributed by atoms with Gasteiger partial charge in [0.05, 0.1) is 11.4 Å². The minimum atomic E-state index is -0.792. The Balaban J connectivity index is 1.62. The smallest absolute Gasteiger partial charge is 0.234 e. The highest BCUT2D eigenvalue weighted by atomic mass is 32.2. The van der Waals surface area contributed by atoms with Gasteiger partial charge in [-0.2, -0.15) is 0 Å². The summed E-state index contributed by atoms with van der Waals surface area (Å²) in [5, 5.41) is 11.8. The number of nitrogens with one attached hydrogen (secondary N) is 1. The largest absolute Gasteiger partial charge is 0.323 e. The predicted octanol–water partition coefficient (Wildman–Crippen LogP) is 4.35. The summed E-state index contributed by atoms with van der Waals surface area (Å²) in [6.45, 7) is 2.78. The van der Waals surface area contributed by atoms with E-state index in [1.54, 1.807) is 0 Å². The van der Waals surface area contributed by atoms with Crippen LogP contribution in [0.2, 0.25) is 0 Å². The van der Waals surface area contributed by atoms with Gasteiger partial charge in [-0.15, -0.1) is 10.2 Å². The Morgan fingerprint density at radius 3 is 2.73 bits per heavy atom. The van der Waals surface area contributed by atoms with E-state index in [1.807, 2.05) is 6.92 Å². The number of hydrogen-bond acceptors (Lipinski definition) is 4. The van der Waals surface area contributed by atoms with Crippen LogP contribution in [0.4, 0.5) is 14.5 Å². The van der Waals surface area contributed by atoms with Crippen molar-refractivity contribution >= 4 is 23.4 Å². The average molecular weight is 380 g/mol. The third-order valence-electron chi connectivity index (χ3n) is 4.57. The molecule has 2 aromatic rings. The molecule has 0 radical (unpaired) electrons. The maximum Gasteiger partial charge on any atom is 0.234 e. The first-order valence-corrected chi connectivity index (χ1v) is 9.88. The average Bonchev–Trinajstić information content (AvgIpc) is 3.06. The van der Waals surface area contributed by atoms with Gasteiger partial charge in [-0.05, 0) is 31.9 Å². The van der Waals surface area contributed by atoms with Crippen LogP contribution in [0.15, 0.2) is 23.4 Å². The predicted molar refractivity (Wildman–Crippen MR) is 97.2 cm³/mol. The van der Waals surface area contributed by atoms with Crippen LogP contribution in [0.1, 0.15) is 50.8 Å². The fourth-order valence-corrected chi connectivity index (χ4v) is 4.08. The maximum absolute atomic E-state index is 13.6. The second-order valence-corrected chi connectivity index (χ2v) is 7.32. The molecule has 1 N–H and O–H groups in total. The standard InChI is InChI=1S/C18H22F2N4OS/c1-2-24-17(12-6-4-3-5-7-12)22-23-18(24)26-11-16(25)21-15-9-8-13(19)10-14(15)20/h8-10,12H,2-7,11H2,1H3,(H,21,25). The Kier molecular flexibility index (Phi) is 6.24. The van der Waals surface area contributed by atoms with E-state index < -0.39 is 11.6 Å². The zero-order valence-corrected chi connectivity index (χ0v) is 15.5. The van der Waals surface area contributed by atoms with Crippen molar-refractivity contribution in [2.24, 2.45) is 0 Å². The Morgan fingerprint density at radius 1 is 1.27 bits per heavy atom. The van der Waals surface area contributed by atoms with Crippen LogP contribution in [-0.4, -0.2) is 26.4 Å². The van der Waals surface area contributed by atoms with Gasteiger partial charge in [0.2, 0.25) is 5.91 Å². The zero-order valence-electron chi connectivity index (χ0n) is 14.7. The molecular formula is C18H22F2N4OS. The van der Waals surface area contributed by atoms with Crippen molar-refractivity contribution in [2.45, 2.75) is 56.6 Å². The number of hydrogen-bond donors (Lipinski definition) is 1. The summed E-state index contributed by atoms with van der Waals surface area (Å²) in [6, 6.07) is 3.06. The summed E-state index contributed by atoms with van der Waals surface area (Å²) >= 11 is 1.27. The number of carbonyl (C=O) groups excluding carboxylic acids is 1. The van der Waals surface area contributed by atoms with Gasteiger partial charge in [0.15, 0.2) is 5.16 Å². The molecule has 8 heteroatoms. The minimum absolute atomic E-state index is 0.0307. The highest BCUT2D eigenvalue weighted by Gasteiger charge is 2.23. The number of benzene rings is 1. The molecule has 1 aliphatic rings. The highest BCUT2D eigenvalue weighted by Crippen LogP contribution is 2.33. The monoisotopic (exact) mass is 380 g/mol. The van der Waals surface area contributed by atoms with E-state index in [-0.39, 0.29) is 17.3 Å². The van der Waals surface area contributed by atoms with Crippen LogP contribution in [-0.2, 0) is 11.3 Å². The Hall–Kier alpha value is -1.96. The number of anilines is 1. The van der Waals surface area contributed by atoms with Gasteiger partial charge in [-0.1, -0.05) is 31.0 Å². The SMILES string of the molecule is CCn1c(SCC(=O)Nc2ccc(F)cc2F)nnc1C1CCCCC1. The Labute approximate surface area is 155 Å². The van der Waals surface area contributed by atoms with Crippen molar-refractivity contribution in [2.75, 3.05) is 11.1 Å². The summed E-state index contributed by atoms with van der Waals surface area (Å²) in [5.74, 6) is -0.321. The van der Waals surface area contributed by atoms with Gasteiger partial charge in [0.25, 0.3) is 0 Å². The number of nitrogens with zero attached hydrogens (tertiary/aromatic N) is 3. The molecule has 140 valence electrons. The number of rotatable bonds is 6. The molecule has 1 aromatic heterocycles. The van der Waals surface area contributed by atoms with Crippen LogP contribution in [0.5, 0.6) is 0 Å². The number of thioether (sulfide) groups is 1. The van der Waals surface area contributed by atoms with E-state index in [4.69, 9.17) is 0 Å². The van der Waals surface area contributed by atoms with Crippen molar-refractivity contribution < 1.29 is 13.6 Å². The first-order chi connectivity index (χ1) is 12.6. The molecule has 1 fully saturated rings. The topological polar surface area (TPSA) is 59.8 Å². The third kappa shape index (κ3) is 4.41. The van der Waals surface area contributed by atoms with Gasteiger partial charge < -0.3 is 9.88 Å². The number of carbonyl (C=O) groups is 1. The molecule has 0 atom stereocenters. The van der Waals surface area contributed by atoms with E-state index in [1.165, 1.54) is 37.1 Å². The lowest BCUT2D eigenvalue weighted by atomic mass is 9.89. The molecule has 0 bridgehead atoms. The Bertz CT molecular complexity index is 775. The minimum Gasteiger partial charge on any atom is -0.323 e. The van der Waals surface area contributed by atoms with Gasteiger partial charge in [0, 0.05) is 18.5 Å². The molecule has 3 rings (SSSR count). The molecular weight excluding hydrogens is 358 g/mol. The van der Waals surface area contributed by atoms with E-state index in [9.17, 15) is 13.6 Å². The highest BCUT2D eigenvalue weighted by molar-refractivity contribution is 7.99. The van der Waals surface area contributed by atoms with Gasteiger partial charge in [-0.25, -0.2) is 8.78 Å². The van der Waals surface area contributed by atoms with E-state index in [0.29, 0.717) is 11.1 Å². The van der Waals surface area contributed by atoms with Crippen LogP contribution in [0, 0.1) is 11.6 Å². The molecule has 0 aliphatic heterocycles. The second-order valence-electron chi connectivity index (χ2n) is 6.38. The molecule has 1 heterocycles. The normalized spacial score (nSPS) is 15.2. The van der Waals surface area contributed by atoms with Crippen LogP contribution in [0.3, 0.4) is 0 Å². The Morgan fingerprint density at radius 2 is 2.04 bits per heavy atom. The third-order valence-corrected chi connectivity index (χ3v) is 5.54. The van der Waals surface area contributed by atoms with Crippen LogP contribution in [0.25, 0.3) is 0 Å². The summed E-state index contributed by atoms with van der Waals surface area (Å²) in [6.07, 6.45) is 5.98. The van der Waals surface area contributed by atoms with Crippen molar-refractivity contribution in [3.63, 3.8) is 0 Å². The molecule has 1 aromatic carbocycles. The molecule has 0 spiro atoms. The molecule has 0 unspecified atom stereocenters. The first kappa shape index (κ1) is 18.8. The van der Waals surface area contributed by atoms with Crippen molar-refractivity contribution in [1.29, 1.82) is 0 Å². The number of amides is 1. The fraction of sp³-hybridized carbons (Fsp3) is 0.500. The molecule has 5 nitrogen and oxygen atoms in total. The fourth-order valence-electron chi connectivity index (χ4n) is 3.27. The van der Waals surface area contributed by atoms with E-state index >= 15 is 0 Å². The summed E-state index contributed by atoms with van der Waals surface area (Å²) in [5.41, 5.74) is -0.0307. The van der Waals surface area contributed by atoms with Crippen LogP contribution < -0.4 is 5.32 Å². The zero-order chi connectivity index (χ0) is 18.5. The number of halogens is 2. The lowest BCUT2D eigenvalue weighted by molar-refractivity contribution is -0.113. The van der Waals surface area contributed by atoms with Crippen molar-refractivity contribution in [1.82, 2.24) is 14.8 Å². The van der Waals surface area contributed by atoms with E-state index in [0.717, 1.165) is 37.3 Å². The quantitative estimate of drug-likeness (QED) is 0.757. The van der Waals surface area contributed by atoms with Gasteiger partial charge in [0.1, 0.15) is 17.5 Å². The lowest BCUT2D eigenvalue weighted by Gasteiger charge is -2.21. The first-order valence-electron chi connectivity index (χ1n) is 8.89. The molecule has 1 amide bonds. The van der Waals surface area contributed by atoms with Crippen molar-refractivity contribution in [3.05, 3.63) is 35.7 Å². The summed E-state index contributed by atoms with van der Waals surface area (Å²) < 4.78 is 28.6. The molecule has 0 saturated heterocycles.